The molecule has 26 heavy (non-hydrogen) atoms. The number of ether oxygens (including phenoxy) is 2. The van der Waals surface area contributed by atoms with Crippen molar-refractivity contribution < 1.29 is 23.1 Å². The summed E-state index contributed by atoms with van der Waals surface area (Å²) < 4.78 is 30.2. The minimum Gasteiger partial charge on any atom is -0.476 e. The van der Waals surface area contributed by atoms with Crippen LogP contribution in [-0.2, 0) is 4.74 Å². The highest BCUT2D eigenvalue weighted by Crippen LogP contribution is 2.42. The molecule has 1 amide bonds. The van der Waals surface area contributed by atoms with Crippen LogP contribution in [0.5, 0.6) is 5.88 Å². The van der Waals surface area contributed by atoms with E-state index in [0.29, 0.717) is 32.0 Å². The highest BCUT2D eigenvalue weighted by atomic mass is 19.1. The van der Waals surface area contributed by atoms with E-state index in [-0.39, 0.29) is 29.1 Å². The van der Waals surface area contributed by atoms with Crippen molar-refractivity contribution >= 4 is 5.91 Å². The minimum absolute atomic E-state index is 0.0201. The van der Waals surface area contributed by atoms with Gasteiger partial charge in [-0.2, -0.15) is 0 Å². The summed E-state index contributed by atoms with van der Waals surface area (Å²) in [6, 6.07) is 2.85. The largest absolute Gasteiger partial charge is 0.476 e. The summed E-state index contributed by atoms with van der Waals surface area (Å²) in [5.74, 6) is -0.0661. The number of nitrogens with zero attached hydrogens (tertiary/aromatic N) is 3. The van der Waals surface area contributed by atoms with Gasteiger partial charge in [0.1, 0.15) is 5.60 Å². The number of oxazole rings is 1. The summed E-state index contributed by atoms with van der Waals surface area (Å²) >= 11 is 0. The van der Waals surface area contributed by atoms with Crippen molar-refractivity contribution in [1.82, 2.24) is 14.9 Å². The van der Waals surface area contributed by atoms with Gasteiger partial charge < -0.3 is 18.8 Å². The van der Waals surface area contributed by atoms with Gasteiger partial charge in [0.2, 0.25) is 11.6 Å². The van der Waals surface area contributed by atoms with Crippen LogP contribution >= 0.6 is 0 Å². The van der Waals surface area contributed by atoms with E-state index in [1.807, 2.05) is 0 Å². The Kier molecular flexibility index (Phi) is 4.36. The van der Waals surface area contributed by atoms with Crippen LogP contribution in [0.4, 0.5) is 4.39 Å². The molecule has 2 aromatic rings. The third-order valence-electron chi connectivity index (χ3n) is 5.17. The molecule has 0 N–H and O–H groups in total. The molecule has 2 aliphatic rings. The van der Waals surface area contributed by atoms with Gasteiger partial charge in [0.05, 0.1) is 25.4 Å². The zero-order chi connectivity index (χ0) is 18.1. The molecule has 0 bridgehead atoms. The van der Waals surface area contributed by atoms with Crippen LogP contribution < -0.4 is 4.74 Å². The molecule has 2 aliphatic heterocycles. The first-order chi connectivity index (χ1) is 12.6. The number of aryl methyl sites for hydroxylation is 1. The smallest absolute Gasteiger partial charge is 0.291 e. The third-order valence-corrected chi connectivity index (χ3v) is 5.17. The van der Waals surface area contributed by atoms with E-state index in [4.69, 9.17) is 13.9 Å². The van der Waals surface area contributed by atoms with Gasteiger partial charge in [-0.05, 0) is 37.8 Å². The number of rotatable bonds is 5. The number of aromatic nitrogens is 2. The second-order valence-corrected chi connectivity index (χ2v) is 6.75. The van der Waals surface area contributed by atoms with Crippen molar-refractivity contribution in [2.75, 3.05) is 26.3 Å². The van der Waals surface area contributed by atoms with Gasteiger partial charge in [0, 0.05) is 12.8 Å². The number of carbonyl (C=O) groups excluding carboxylic acids is 1. The monoisotopic (exact) mass is 361 g/mol. The van der Waals surface area contributed by atoms with Crippen LogP contribution in [0.25, 0.3) is 0 Å². The fraction of sp³-hybridized carbons (Fsp3) is 0.500. The van der Waals surface area contributed by atoms with E-state index < -0.39 is 5.82 Å². The molecule has 0 aliphatic carbocycles. The van der Waals surface area contributed by atoms with E-state index in [2.05, 4.69) is 9.97 Å². The summed E-state index contributed by atoms with van der Waals surface area (Å²) in [6.45, 7) is 3.81. The summed E-state index contributed by atoms with van der Waals surface area (Å²) in [5.41, 5.74) is 0.251. The molecule has 2 aromatic heterocycles. The number of carbonyl (C=O) groups is 1. The van der Waals surface area contributed by atoms with Crippen LogP contribution in [0.2, 0.25) is 0 Å². The predicted molar refractivity (Wildman–Crippen MR) is 88.2 cm³/mol. The van der Waals surface area contributed by atoms with Crippen molar-refractivity contribution in [3.8, 4) is 5.88 Å². The van der Waals surface area contributed by atoms with Crippen molar-refractivity contribution in [2.24, 2.45) is 5.92 Å². The number of likely N-dealkylation sites (tertiary alicyclic amines) is 1. The second kappa shape index (κ2) is 6.68. The zero-order valence-electron chi connectivity index (χ0n) is 14.5. The molecule has 0 radical (unpaired) electrons. The van der Waals surface area contributed by atoms with Crippen LogP contribution in [0.15, 0.2) is 29.1 Å². The van der Waals surface area contributed by atoms with Crippen molar-refractivity contribution in [3.63, 3.8) is 0 Å². The van der Waals surface area contributed by atoms with Crippen molar-refractivity contribution in [3.05, 3.63) is 42.0 Å². The quantitative estimate of drug-likeness (QED) is 0.813. The first-order valence-electron chi connectivity index (χ1n) is 8.66. The van der Waals surface area contributed by atoms with E-state index in [1.54, 1.807) is 11.8 Å². The lowest BCUT2D eigenvalue weighted by Gasteiger charge is -2.50. The number of hydrogen-bond acceptors (Lipinski definition) is 6. The second-order valence-electron chi connectivity index (χ2n) is 6.75. The van der Waals surface area contributed by atoms with Crippen LogP contribution in [0.1, 0.15) is 29.1 Å². The third kappa shape index (κ3) is 2.94. The number of hydrogen-bond donors (Lipinski definition) is 0. The lowest BCUT2D eigenvalue weighted by molar-refractivity contribution is -0.119. The van der Waals surface area contributed by atoms with Crippen LogP contribution in [-0.4, -0.2) is 52.7 Å². The minimum atomic E-state index is -0.465. The number of amides is 1. The highest BCUT2D eigenvalue weighted by Gasteiger charge is 2.54. The Bertz CT molecular complexity index is 803. The molecule has 0 saturated carbocycles. The first-order valence-corrected chi connectivity index (χ1v) is 8.66. The van der Waals surface area contributed by atoms with Crippen LogP contribution in [0.3, 0.4) is 0 Å². The maximum atomic E-state index is 13.6. The molecule has 7 nitrogen and oxygen atoms in total. The maximum Gasteiger partial charge on any atom is 0.291 e. The molecule has 1 spiro atoms. The Morgan fingerprint density at radius 3 is 3.04 bits per heavy atom. The lowest BCUT2D eigenvalue weighted by Crippen LogP contribution is -2.66. The fourth-order valence-electron chi connectivity index (χ4n) is 3.71. The van der Waals surface area contributed by atoms with E-state index in [1.165, 1.54) is 24.7 Å². The topological polar surface area (TPSA) is 77.7 Å². The number of pyridine rings is 1. The van der Waals surface area contributed by atoms with Gasteiger partial charge in [-0.1, -0.05) is 0 Å². The van der Waals surface area contributed by atoms with Crippen molar-refractivity contribution in [1.29, 1.82) is 0 Å². The first kappa shape index (κ1) is 17.0. The molecule has 0 aromatic carbocycles. The predicted octanol–water partition coefficient (Wildman–Crippen LogP) is 2.22. The molecular formula is C18H20FN3O4. The van der Waals surface area contributed by atoms with Gasteiger partial charge >= 0.3 is 0 Å². The molecule has 4 rings (SSSR count). The Hall–Kier alpha value is -2.48. The summed E-state index contributed by atoms with van der Waals surface area (Å²) in [4.78, 5) is 22.0. The van der Waals surface area contributed by atoms with Gasteiger partial charge in [-0.25, -0.2) is 14.4 Å². The molecule has 8 heteroatoms. The molecule has 138 valence electrons. The van der Waals surface area contributed by atoms with Gasteiger partial charge in [-0.15, -0.1) is 0 Å². The molecular weight excluding hydrogens is 341 g/mol. The molecule has 2 fully saturated rings. The number of halogens is 1. The highest BCUT2D eigenvalue weighted by molar-refractivity contribution is 5.93. The van der Waals surface area contributed by atoms with E-state index >= 15 is 0 Å². The average molecular weight is 361 g/mol. The fourth-order valence-corrected chi connectivity index (χ4v) is 3.71. The summed E-state index contributed by atoms with van der Waals surface area (Å²) in [6.07, 6.45) is 4.40. The van der Waals surface area contributed by atoms with Gasteiger partial charge in [-0.3, -0.25) is 4.79 Å². The average Bonchev–Trinajstić information content (AvgIpc) is 3.21. The summed E-state index contributed by atoms with van der Waals surface area (Å²) in [7, 11) is 0. The SMILES string of the molecule is Cc1ncoc1C(=O)N1CC2(C1)OCC[C@H]2CCOc1ncccc1F. The molecule has 2 saturated heterocycles. The Morgan fingerprint density at radius 2 is 2.31 bits per heavy atom. The van der Waals surface area contributed by atoms with Gasteiger partial charge in [0.15, 0.2) is 12.2 Å². The van der Waals surface area contributed by atoms with E-state index in [9.17, 15) is 9.18 Å². The Balaban J connectivity index is 1.32. The lowest BCUT2D eigenvalue weighted by atomic mass is 9.79. The zero-order valence-corrected chi connectivity index (χ0v) is 14.5. The standard InChI is InChI=1S/C18H20FN3O4/c1-12-15(25-11-21-12)17(23)22-9-18(10-22)13(5-8-26-18)4-7-24-16-14(19)3-2-6-20-16/h2-3,6,11,13H,4-5,7-10H2,1H3/t13-/m1/s1. The Labute approximate surface area is 150 Å². The van der Waals surface area contributed by atoms with E-state index in [0.717, 1.165) is 12.8 Å². The molecule has 0 unspecified atom stereocenters. The molecule has 1 atom stereocenters. The molecule has 4 heterocycles. The summed E-state index contributed by atoms with van der Waals surface area (Å²) in [5, 5.41) is 0. The maximum absolute atomic E-state index is 13.6. The van der Waals surface area contributed by atoms with Crippen molar-refractivity contribution in [2.45, 2.75) is 25.4 Å². The van der Waals surface area contributed by atoms with Gasteiger partial charge in [0.25, 0.3) is 5.91 Å². The Morgan fingerprint density at radius 1 is 1.46 bits per heavy atom. The van der Waals surface area contributed by atoms with Crippen LogP contribution in [0, 0.1) is 18.7 Å². The normalized spacial score (nSPS) is 21.0.